The molecule has 1 fully saturated rings. The molecule has 2 aromatic rings. The molecule has 9 heteroatoms. The molecule has 1 atom stereocenters. The molecule has 2 aliphatic rings. The van der Waals surface area contributed by atoms with E-state index in [-0.39, 0.29) is 17.7 Å². The number of piperidine rings is 1. The van der Waals surface area contributed by atoms with Gasteiger partial charge in [-0.2, -0.15) is 0 Å². The molecule has 3 N–H and O–H groups in total. The fraction of sp³-hybridized carbons (Fsp3) is 0.400. The van der Waals surface area contributed by atoms with Gasteiger partial charge in [-0.05, 0) is 54.5 Å². The zero-order chi connectivity index (χ0) is 24.2. The summed E-state index contributed by atoms with van der Waals surface area (Å²) in [6.07, 6.45) is 1.79. The lowest BCUT2D eigenvalue weighted by Gasteiger charge is -2.35. The predicted octanol–water partition coefficient (Wildman–Crippen LogP) is 3.12. The zero-order valence-corrected chi connectivity index (χ0v) is 20.5. The lowest BCUT2D eigenvalue weighted by Crippen LogP contribution is -2.52. The van der Waals surface area contributed by atoms with E-state index in [4.69, 9.17) is 11.6 Å². The van der Waals surface area contributed by atoms with Crippen molar-refractivity contribution in [3.8, 4) is 0 Å². The third kappa shape index (κ3) is 5.51. The zero-order valence-electron chi connectivity index (χ0n) is 19.7. The predicted molar refractivity (Wildman–Crippen MR) is 133 cm³/mol. The first-order valence-electron chi connectivity index (χ1n) is 11.6. The van der Waals surface area contributed by atoms with Crippen molar-refractivity contribution >= 4 is 29.3 Å². The number of amides is 2. The van der Waals surface area contributed by atoms with E-state index in [0.29, 0.717) is 30.4 Å². The summed E-state index contributed by atoms with van der Waals surface area (Å²) in [5.74, 6) is 0.702. The molecule has 2 aromatic carbocycles. The van der Waals surface area contributed by atoms with Crippen molar-refractivity contribution in [2.24, 2.45) is 11.0 Å². The van der Waals surface area contributed by atoms with Gasteiger partial charge in [0, 0.05) is 36.3 Å². The van der Waals surface area contributed by atoms with Crippen LogP contribution in [0, 0.1) is 5.92 Å². The highest BCUT2D eigenvalue weighted by molar-refractivity contribution is 6.30. The Balaban J connectivity index is 1.39. The van der Waals surface area contributed by atoms with Gasteiger partial charge in [-0.25, -0.2) is 5.53 Å². The van der Waals surface area contributed by atoms with Crippen molar-refractivity contribution in [3.05, 3.63) is 70.2 Å². The van der Waals surface area contributed by atoms with Gasteiger partial charge in [0.2, 0.25) is 5.91 Å². The fourth-order valence-corrected chi connectivity index (χ4v) is 4.50. The molecule has 0 bridgehead atoms. The minimum Gasteiger partial charge on any atom is -0.341 e. The summed E-state index contributed by atoms with van der Waals surface area (Å²) in [7, 11) is 1.80. The van der Waals surface area contributed by atoms with E-state index in [9.17, 15) is 9.59 Å². The van der Waals surface area contributed by atoms with E-state index in [0.717, 1.165) is 23.4 Å². The third-order valence-electron chi connectivity index (χ3n) is 6.35. The lowest BCUT2D eigenvalue weighted by molar-refractivity contribution is -0.135. The monoisotopic (exact) mass is 482 g/mol. The number of carbonyl (C=O) groups excluding carboxylic acids is 2. The summed E-state index contributed by atoms with van der Waals surface area (Å²) in [5, 5.41) is 9.50. The number of rotatable bonds is 6. The van der Waals surface area contributed by atoms with Gasteiger partial charge in [0.25, 0.3) is 5.91 Å². The first kappa shape index (κ1) is 24.0. The maximum absolute atomic E-state index is 13.4. The molecule has 2 amide bonds. The summed E-state index contributed by atoms with van der Waals surface area (Å²) in [6.45, 7) is 5.26. The van der Waals surface area contributed by atoms with Crippen molar-refractivity contribution < 1.29 is 9.59 Å². The molecule has 2 aliphatic heterocycles. The minimum absolute atomic E-state index is 0.0262. The Hall–Kier alpha value is -3.10. The Morgan fingerprint density at radius 2 is 1.82 bits per heavy atom. The number of likely N-dealkylation sites (tertiary alicyclic amines) is 1. The van der Waals surface area contributed by atoms with Crippen molar-refractivity contribution in [1.82, 2.24) is 26.3 Å². The number of amidine groups is 1. The molecule has 4 rings (SSSR count). The van der Waals surface area contributed by atoms with Crippen LogP contribution >= 0.6 is 11.6 Å². The number of hydrogen-bond acceptors (Lipinski definition) is 6. The van der Waals surface area contributed by atoms with Gasteiger partial charge in [0.15, 0.2) is 5.84 Å². The van der Waals surface area contributed by atoms with E-state index in [1.54, 1.807) is 30.4 Å². The Kier molecular flexibility index (Phi) is 7.38. The molecule has 8 nitrogen and oxygen atoms in total. The van der Waals surface area contributed by atoms with E-state index < -0.39 is 6.04 Å². The molecule has 0 aliphatic carbocycles. The number of halogens is 1. The van der Waals surface area contributed by atoms with E-state index in [1.165, 1.54) is 5.56 Å². The van der Waals surface area contributed by atoms with Crippen LogP contribution in [0.4, 0.5) is 0 Å². The Morgan fingerprint density at radius 1 is 1.12 bits per heavy atom. The maximum Gasteiger partial charge on any atom is 0.251 e. The Bertz CT molecular complexity index is 1060. The van der Waals surface area contributed by atoms with Crippen LogP contribution < -0.4 is 16.3 Å². The largest absolute Gasteiger partial charge is 0.341 e. The molecule has 1 saturated heterocycles. The second kappa shape index (κ2) is 10.4. The highest BCUT2D eigenvalue weighted by Gasteiger charge is 2.32. The lowest BCUT2D eigenvalue weighted by atomic mass is 9.89. The molecule has 34 heavy (non-hydrogen) atoms. The van der Waals surface area contributed by atoms with Crippen LogP contribution in [0.15, 0.2) is 53.6 Å². The SMILES string of the molecule is CC(C)[C@@H](NC(=O)c1cccc(C2=NNN(C)N2)c1)C(=O)N1CCC(c2ccc(Cl)cc2)CC1. The van der Waals surface area contributed by atoms with Crippen LogP contribution in [0.25, 0.3) is 0 Å². The van der Waals surface area contributed by atoms with Crippen LogP contribution in [-0.2, 0) is 4.79 Å². The molecule has 0 unspecified atom stereocenters. The quantitative estimate of drug-likeness (QED) is 0.588. The van der Waals surface area contributed by atoms with Crippen LogP contribution in [0.5, 0.6) is 0 Å². The molecule has 180 valence electrons. The number of nitrogens with one attached hydrogen (secondary N) is 3. The highest BCUT2D eigenvalue weighted by atomic mass is 35.5. The Labute approximate surface area is 205 Å². The average Bonchev–Trinajstić information content (AvgIpc) is 3.29. The van der Waals surface area contributed by atoms with Crippen LogP contribution in [-0.4, -0.2) is 53.8 Å². The Morgan fingerprint density at radius 3 is 2.44 bits per heavy atom. The van der Waals surface area contributed by atoms with Crippen molar-refractivity contribution in [2.45, 2.75) is 38.6 Å². The second-order valence-electron chi connectivity index (χ2n) is 9.16. The minimum atomic E-state index is -0.585. The molecule has 0 aromatic heterocycles. The van der Waals surface area contributed by atoms with Gasteiger partial charge in [0.1, 0.15) is 6.04 Å². The summed E-state index contributed by atoms with van der Waals surface area (Å²) in [6, 6.07) is 14.6. The maximum atomic E-state index is 13.4. The van der Waals surface area contributed by atoms with Crippen molar-refractivity contribution in [1.29, 1.82) is 0 Å². The van der Waals surface area contributed by atoms with Crippen LogP contribution in [0.1, 0.15) is 54.1 Å². The van der Waals surface area contributed by atoms with E-state index in [2.05, 4.69) is 33.5 Å². The van der Waals surface area contributed by atoms with Gasteiger partial charge < -0.3 is 10.2 Å². The van der Waals surface area contributed by atoms with E-state index in [1.807, 2.05) is 36.9 Å². The number of carbonyl (C=O) groups is 2. The summed E-state index contributed by atoms with van der Waals surface area (Å²) >= 11 is 6.01. The summed E-state index contributed by atoms with van der Waals surface area (Å²) < 4.78 is 0. The third-order valence-corrected chi connectivity index (χ3v) is 6.60. The van der Waals surface area contributed by atoms with Crippen molar-refractivity contribution in [2.75, 3.05) is 20.1 Å². The average molecular weight is 483 g/mol. The van der Waals surface area contributed by atoms with Crippen LogP contribution in [0.2, 0.25) is 5.02 Å². The normalized spacial score (nSPS) is 17.7. The van der Waals surface area contributed by atoms with E-state index >= 15 is 0 Å². The van der Waals surface area contributed by atoms with Gasteiger partial charge >= 0.3 is 0 Å². The fourth-order valence-electron chi connectivity index (χ4n) is 4.37. The molecular formula is C25H31ClN6O2. The summed E-state index contributed by atoms with van der Waals surface area (Å²) in [5.41, 5.74) is 8.35. The van der Waals surface area contributed by atoms with Gasteiger partial charge in [-0.3, -0.25) is 15.0 Å². The molecule has 0 spiro atoms. The van der Waals surface area contributed by atoms with Gasteiger partial charge in [-0.15, -0.1) is 10.2 Å². The smallest absolute Gasteiger partial charge is 0.251 e. The molecular weight excluding hydrogens is 452 g/mol. The highest BCUT2D eigenvalue weighted by Crippen LogP contribution is 2.29. The topological polar surface area (TPSA) is 89.1 Å². The molecule has 0 radical (unpaired) electrons. The number of hydrogen-bond donors (Lipinski definition) is 3. The van der Waals surface area contributed by atoms with Gasteiger partial charge in [0.05, 0.1) is 0 Å². The number of benzene rings is 2. The van der Waals surface area contributed by atoms with Gasteiger partial charge in [-0.1, -0.05) is 49.7 Å². The molecule has 0 saturated carbocycles. The number of nitrogens with zero attached hydrogens (tertiary/aromatic N) is 3. The number of hydrazine groups is 2. The second-order valence-corrected chi connectivity index (χ2v) is 9.59. The molecule has 2 heterocycles. The first-order chi connectivity index (χ1) is 16.3. The van der Waals surface area contributed by atoms with Crippen molar-refractivity contribution in [3.63, 3.8) is 0 Å². The number of hydrazone groups is 1. The van der Waals surface area contributed by atoms with Crippen LogP contribution in [0.3, 0.4) is 0 Å². The standard InChI is InChI=1S/C25H31ClN6O2/c1-16(2)22(25(34)32-13-11-18(12-14-32)17-7-9-21(26)10-8-17)27-24(33)20-6-4-5-19(15-20)23-28-30-31(3)29-23/h4-10,15-16,18,22,30H,11-14H2,1-3H3,(H,27,33)(H,28,29)/t22-/m1/s1. The first-order valence-corrected chi connectivity index (χ1v) is 12.0. The summed E-state index contributed by atoms with van der Waals surface area (Å²) in [4.78, 5) is 28.3.